The SMILES string of the molecule is C[C@H](c1ccccc1CCC(=O)NCc1cccnc1)N(c1cc(F)ccc1F)S(=O)(=O)c1ccc(Cl)cc1. The first-order valence-corrected chi connectivity index (χ1v) is 14.0. The summed E-state index contributed by atoms with van der Waals surface area (Å²) >= 11 is 5.95. The van der Waals surface area contributed by atoms with E-state index in [1.807, 2.05) is 6.07 Å². The minimum absolute atomic E-state index is 0.130. The number of hydrogen-bond donors (Lipinski definition) is 1. The highest BCUT2D eigenvalue weighted by atomic mass is 35.5. The molecule has 1 N–H and O–H groups in total. The first-order chi connectivity index (χ1) is 18.7. The van der Waals surface area contributed by atoms with E-state index < -0.39 is 33.4 Å². The number of amides is 1. The Bertz CT molecular complexity index is 1550. The maximum atomic E-state index is 15.0. The van der Waals surface area contributed by atoms with Gasteiger partial charge in [-0.3, -0.25) is 14.1 Å². The van der Waals surface area contributed by atoms with Crippen molar-refractivity contribution in [1.29, 1.82) is 0 Å². The Balaban J connectivity index is 1.65. The molecule has 202 valence electrons. The third-order valence-electron chi connectivity index (χ3n) is 6.21. The average Bonchev–Trinajstić information content (AvgIpc) is 2.93. The largest absolute Gasteiger partial charge is 0.352 e. The van der Waals surface area contributed by atoms with Crippen molar-refractivity contribution in [3.63, 3.8) is 0 Å². The zero-order valence-corrected chi connectivity index (χ0v) is 22.6. The lowest BCUT2D eigenvalue weighted by molar-refractivity contribution is -0.121. The van der Waals surface area contributed by atoms with Crippen molar-refractivity contribution < 1.29 is 22.0 Å². The fourth-order valence-corrected chi connectivity index (χ4v) is 6.02. The fourth-order valence-electron chi connectivity index (χ4n) is 4.26. The number of aromatic nitrogens is 1. The summed E-state index contributed by atoms with van der Waals surface area (Å²) in [5.74, 6) is -1.87. The van der Waals surface area contributed by atoms with Gasteiger partial charge in [-0.2, -0.15) is 0 Å². The highest BCUT2D eigenvalue weighted by Crippen LogP contribution is 2.37. The van der Waals surface area contributed by atoms with Crippen LogP contribution in [0, 0.1) is 11.6 Å². The molecule has 39 heavy (non-hydrogen) atoms. The third-order valence-corrected chi connectivity index (χ3v) is 8.36. The van der Waals surface area contributed by atoms with Gasteiger partial charge in [-0.1, -0.05) is 41.9 Å². The molecule has 0 saturated carbocycles. The second-order valence-corrected chi connectivity index (χ2v) is 11.1. The molecule has 0 bridgehead atoms. The molecule has 0 saturated heterocycles. The molecule has 0 aliphatic carbocycles. The molecule has 0 aliphatic heterocycles. The van der Waals surface area contributed by atoms with E-state index >= 15 is 4.39 Å². The number of anilines is 1. The van der Waals surface area contributed by atoms with Crippen LogP contribution in [0.5, 0.6) is 0 Å². The number of pyridine rings is 1. The summed E-state index contributed by atoms with van der Waals surface area (Å²) < 4.78 is 57.8. The van der Waals surface area contributed by atoms with Gasteiger partial charge in [0, 0.05) is 36.4 Å². The Morgan fingerprint density at radius 3 is 2.49 bits per heavy atom. The topological polar surface area (TPSA) is 79.4 Å². The van der Waals surface area contributed by atoms with Crippen LogP contribution in [0.25, 0.3) is 0 Å². The van der Waals surface area contributed by atoms with Crippen molar-refractivity contribution in [1.82, 2.24) is 10.3 Å². The number of hydrogen-bond acceptors (Lipinski definition) is 4. The number of aryl methyl sites for hydroxylation is 1. The molecule has 4 aromatic rings. The number of nitrogens with one attached hydrogen (secondary N) is 1. The van der Waals surface area contributed by atoms with E-state index in [1.54, 1.807) is 49.6 Å². The van der Waals surface area contributed by atoms with Gasteiger partial charge < -0.3 is 5.32 Å². The van der Waals surface area contributed by atoms with Gasteiger partial charge in [-0.15, -0.1) is 0 Å². The van der Waals surface area contributed by atoms with Gasteiger partial charge in [0.1, 0.15) is 11.6 Å². The second kappa shape index (κ2) is 12.4. The predicted molar refractivity (Wildman–Crippen MR) is 147 cm³/mol. The third kappa shape index (κ3) is 6.79. The Labute approximate surface area is 231 Å². The van der Waals surface area contributed by atoms with E-state index in [1.165, 1.54) is 24.3 Å². The molecular weight excluding hydrogens is 544 g/mol. The van der Waals surface area contributed by atoms with Crippen molar-refractivity contribution in [3.05, 3.63) is 125 Å². The van der Waals surface area contributed by atoms with Crippen molar-refractivity contribution in [3.8, 4) is 0 Å². The number of benzene rings is 3. The van der Waals surface area contributed by atoms with E-state index in [9.17, 15) is 17.6 Å². The van der Waals surface area contributed by atoms with Crippen LogP contribution in [0.3, 0.4) is 0 Å². The zero-order chi connectivity index (χ0) is 28.0. The molecule has 0 radical (unpaired) electrons. The summed E-state index contributed by atoms with van der Waals surface area (Å²) in [5.41, 5.74) is 1.69. The molecule has 0 spiro atoms. The average molecular weight is 570 g/mol. The van der Waals surface area contributed by atoms with Gasteiger partial charge in [-0.25, -0.2) is 17.2 Å². The second-order valence-electron chi connectivity index (χ2n) is 8.86. The van der Waals surface area contributed by atoms with Crippen LogP contribution >= 0.6 is 11.6 Å². The van der Waals surface area contributed by atoms with Gasteiger partial charge in [0.25, 0.3) is 10.0 Å². The summed E-state index contributed by atoms with van der Waals surface area (Å²) in [7, 11) is -4.36. The van der Waals surface area contributed by atoms with E-state index in [0.717, 1.165) is 28.1 Å². The number of carbonyl (C=O) groups excluding carboxylic acids is 1. The fraction of sp³-hybridized carbons (Fsp3) is 0.172. The first-order valence-electron chi connectivity index (χ1n) is 12.2. The van der Waals surface area contributed by atoms with Crippen LogP contribution in [0.2, 0.25) is 5.02 Å². The van der Waals surface area contributed by atoms with Gasteiger partial charge in [0.2, 0.25) is 5.91 Å². The molecule has 1 heterocycles. The Morgan fingerprint density at radius 1 is 1.03 bits per heavy atom. The normalized spacial score (nSPS) is 12.1. The number of sulfonamides is 1. The molecule has 6 nitrogen and oxygen atoms in total. The van der Waals surface area contributed by atoms with E-state index in [2.05, 4.69) is 10.3 Å². The van der Waals surface area contributed by atoms with Crippen LogP contribution in [-0.4, -0.2) is 19.3 Å². The molecule has 3 aromatic carbocycles. The summed E-state index contributed by atoms with van der Waals surface area (Å²) in [6, 6.07) is 17.8. The van der Waals surface area contributed by atoms with Crippen LogP contribution < -0.4 is 9.62 Å². The molecule has 0 fully saturated rings. The highest BCUT2D eigenvalue weighted by molar-refractivity contribution is 7.92. The van der Waals surface area contributed by atoms with Crippen LogP contribution in [0.15, 0.2) is 96.2 Å². The molecular formula is C29H26ClF2N3O3S. The first kappa shape index (κ1) is 28.2. The highest BCUT2D eigenvalue weighted by Gasteiger charge is 2.33. The number of halogens is 3. The Hall–Kier alpha value is -3.82. The minimum Gasteiger partial charge on any atom is -0.352 e. The summed E-state index contributed by atoms with van der Waals surface area (Å²) in [6.45, 7) is 1.93. The number of nitrogens with zero attached hydrogens (tertiary/aromatic N) is 2. The van der Waals surface area contributed by atoms with Gasteiger partial charge in [-0.05, 0) is 72.5 Å². The zero-order valence-electron chi connectivity index (χ0n) is 21.0. The van der Waals surface area contributed by atoms with Crippen molar-refractivity contribution in [2.45, 2.75) is 37.2 Å². The minimum atomic E-state index is -4.36. The van der Waals surface area contributed by atoms with Crippen molar-refractivity contribution >= 4 is 33.2 Å². The standard InChI is InChI=1S/C29H26ClF2N3O3S/c1-20(26-7-3-2-6-22(26)8-15-29(36)34-19-21-5-4-16-33-18-21)35(28-17-24(31)11-14-27(28)32)39(37,38)25-12-9-23(30)10-13-25/h2-7,9-14,16-18,20H,8,15,19H2,1H3,(H,34,36)/t20-/m1/s1. The van der Waals surface area contributed by atoms with Crippen LogP contribution in [-0.2, 0) is 27.8 Å². The van der Waals surface area contributed by atoms with Gasteiger partial charge in [0.15, 0.2) is 0 Å². The molecule has 1 aromatic heterocycles. The monoisotopic (exact) mass is 569 g/mol. The van der Waals surface area contributed by atoms with Crippen LogP contribution in [0.1, 0.15) is 36.1 Å². The molecule has 1 atom stereocenters. The maximum Gasteiger partial charge on any atom is 0.264 e. The molecule has 10 heteroatoms. The number of carbonyl (C=O) groups is 1. The lowest BCUT2D eigenvalue weighted by Gasteiger charge is -2.32. The Kier molecular flexibility index (Phi) is 8.93. The summed E-state index contributed by atoms with van der Waals surface area (Å²) in [5, 5.41) is 3.17. The summed E-state index contributed by atoms with van der Waals surface area (Å²) in [6.07, 6.45) is 3.76. The Morgan fingerprint density at radius 2 is 1.77 bits per heavy atom. The number of rotatable bonds is 10. The quantitative estimate of drug-likeness (QED) is 0.246. The van der Waals surface area contributed by atoms with Gasteiger partial charge >= 0.3 is 0 Å². The maximum absolute atomic E-state index is 15.0. The van der Waals surface area contributed by atoms with E-state index in [0.29, 0.717) is 29.1 Å². The molecule has 4 rings (SSSR count). The van der Waals surface area contributed by atoms with Crippen molar-refractivity contribution in [2.75, 3.05) is 4.31 Å². The van der Waals surface area contributed by atoms with Crippen LogP contribution in [0.4, 0.5) is 14.5 Å². The molecule has 0 unspecified atom stereocenters. The predicted octanol–water partition coefficient (Wildman–Crippen LogP) is 6.22. The van der Waals surface area contributed by atoms with E-state index in [-0.39, 0.29) is 17.2 Å². The van der Waals surface area contributed by atoms with Crippen molar-refractivity contribution in [2.24, 2.45) is 0 Å². The lowest BCUT2D eigenvalue weighted by atomic mass is 9.97. The van der Waals surface area contributed by atoms with E-state index in [4.69, 9.17) is 11.6 Å². The molecule has 0 aliphatic rings. The smallest absolute Gasteiger partial charge is 0.264 e. The lowest BCUT2D eigenvalue weighted by Crippen LogP contribution is -2.35. The summed E-state index contributed by atoms with van der Waals surface area (Å²) in [4.78, 5) is 16.4. The molecule has 1 amide bonds. The van der Waals surface area contributed by atoms with Gasteiger partial charge in [0.05, 0.1) is 16.6 Å².